The van der Waals surface area contributed by atoms with Gasteiger partial charge in [-0.3, -0.25) is 4.79 Å². The highest BCUT2D eigenvalue weighted by molar-refractivity contribution is 6.30. The lowest BCUT2D eigenvalue weighted by Gasteiger charge is -2.09. The van der Waals surface area contributed by atoms with Crippen LogP contribution in [0.5, 0.6) is 5.75 Å². The number of halogens is 1. The van der Waals surface area contributed by atoms with E-state index in [9.17, 15) is 4.79 Å². The fourth-order valence-electron chi connectivity index (χ4n) is 3.09. The minimum atomic E-state index is -0.429. The van der Waals surface area contributed by atoms with Crippen molar-refractivity contribution in [3.05, 3.63) is 89.2 Å². The first-order valence-corrected chi connectivity index (χ1v) is 9.68. The number of para-hydroxylation sites is 3. The van der Waals surface area contributed by atoms with Crippen LogP contribution in [-0.2, 0) is 0 Å². The Hall–Kier alpha value is -3.64. The van der Waals surface area contributed by atoms with E-state index < -0.39 is 5.91 Å². The average Bonchev–Trinajstić information content (AvgIpc) is 3.20. The highest BCUT2D eigenvalue weighted by atomic mass is 35.5. The van der Waals surface area contributed by atoms with Crippen LogP contribution in [-0.4, -0.2) is 27.8 Å². The molecule has 1 aromatic heterocycles. The number of nitrogens with one attached hydrogen (secondary N) is 1. The molecule has 150 valence electrons. The Kier molecular flexibility index (Phi) is 5.50. The van der Waals surface area contributed by atoms with Crippen LogP contribution < -0.4 is 10.1 Å². The van der Waals surface area contributed by atoms with E-state index in [1.807, 2.05) is 55.5 Å². The maximum absolute atomic E-state index is 12.9. The van der Waals surface area contributed by atoms with Gasteiger partial charge >= 0.3 is 0 Å². The minimum absolute atomic E-state index is 0.0501. The molecule has 0 fully saturated rings. The van der Waals surface area contributed by atoms with Crippen molar-refractivity contribution in [2.45, 2.75) is 6.92 Å². The van der Waals surface area contributed by atoms with Crippen LogP contribution in [0.15, 0.2) is 72.8 Å². The van der Waals surface area contributed by atoms with Crippen LogP contribution in [0.2, 0.25) is 5.02 Å². The molecule has 4 rings (SSSR count). The molecule has 0 saturated carbocycles. The van der Waals surface area contributed by atoms with Crippen molar-refractivity contribution >= 4 is 23.2 Å². The van der Waals surface area contributed by atoms with Crippen LogP contribution in [0, 0.1) is 6.92 Å². The minimum Gasteiger partial charge on any atom is -0.495 e. The van der Waals surface area contributed by atoms with Crippen molar-refractivity contribution in [3.63, 3.8) is 0 Å². The standard InChI is InChI=1S/C23H19ClN4O2/c1-15-7-3-5-9-19(15)28-22(16-11-13-17(24)14-12-16)26-21(27-28)23(29)25-18-8-4-6-10-20(18)30-2/h3-14H,1-2H3,(H,25,29). The van der Waals surface area contributed by atoms with E-state index in [1.54, 1.807) is 36.1 Å². The molecule has 0 aliphatic carbocycles. The van der Waals surface area contributed by atoms with Crippen molar-refractivity contribution in [1.29, 1.82) is 0 Å². The molecule has 3 aromatic carbocycles. The molecular formula is C23H19ClN4O2. The average molecular weight is 419 g/mol. The van der Waals surface area contributed by atoms with Gasteiger partial charge in [0.1, 0.15) is 5.75 Å². The number of amides is 1. The Morgan fingerprint density at radius 2 is 1.70 bits per heavy atom. The molecule has 0 spiro atoms. The molecule has 0 saturated heterocycles. The number of aromatic nitrogens is 3. The summed E-state index contributed by atoms with van der Waals surface area (Å²) < 4.78 is 6.98. The van der Waals surface area contributed by atoms with Crippen LogP contribution in [0.3, 0.4) is 0 Å². The molecule has 0 radical (unpaired) electrons. The third kappa shape index (κ3) is 3.90. The van der Waals surface area contributed by atoms with Gasteiger partial charge in [-0.05, 0) is 55.0 Å². The monoisotopic (exact) mass is 418 g/mol. The summed E-state index contributed by atoms with van der Waals surface area (Å²) in [4.78, 5) is 17.5. The number of ether oxygens (including phenoxy) is 1. The molecule has 1 heterocycles. The molecular weight excluding hydrogens is 400 g/mol. The summed E-state index contributed by atoms with van der Waals surface area (Å²) in [5.74, 6) is 0.726. The lowest BCUT2D eigenvalue weighted by Crippen LogP contribution is -2.15. The first-order chi connectivity index (χ1) is 14.6. The van der Waals surface area contributed by atoms with Gasteiger partial charge in [0.05, 0.1) is 18.5 Å². The van der Waals surface area contributed by atoms with Gasteiger partial charge in [0, 0.05) is 10.6 Å². The largest absolute Gasteiger partial charge is 0.495 e. The van der Waals surface area contributed by atoms with E-state index in [1.165, 1.54) is 0 Å². The SMILES string of the molecule is COc1ccccc1NC(=O)c1nc(-c2ccc(Cl)cc2)n(-c2ccccc2C)n1. The number of carbonyl (C=O) groups excluding carboxylic acids is 1. The molecule has 0 unspecified atom stereocenters. The van der Waals surface area contributed by atoms with E-state index in [0.717, 1.165) is 16.8 Å². The Balaban J connectivity index is 1.78. The third-order valence-electron chi connectivity index (χ3n) is 4.61. The van der Waals surface area contributed by atoms with E-state index in [2.05, 4.69) is 15.4 Å². The zero-order chi connectivity index (χ0) is 21.1. The van der Waals surface area contributed by atoms with Gasteiger partial charge in [0.15, 0.2) is 5.82 Å². The smallest absolute Gasteiger partial charge is 0.295 e. The van der Waals surface area contributed by atoms with Gasteiger partial charge < -0.3 is 10.1 Å². The molecule has 30 heavy (non-hydrogen) atoms. The van der Waals surface area contributed by atoms with Gasteiger partial charge in [-0.15, -0.1) is 5.10 Å². The van der Waals surface area contributed by atoms with Crippen molar-refractivity contribution in [2.24, 2.45) is 0 Å². The molecule has 1 amide bonds. The Bertz CT molecular complexity index is 1200. The molecule has 0 atom stereocenters. The van der Waals surface area contributed by atoms with Crippen LogP contribution in [0.4, 0.5) is 5.69 Å². The summed E-state index contributed by atoms with van der Waals surface area (Å²) in [6, 6.07) is 22.2. The van der Waals surface area contributed by atoms with Gasteiger partial charge in [-0.25, -0.2) is 9.67 Å². The van der Waals surface area contributed by atoms with Gasteiger partial charge in [-0.2, -0.15) is 0 Å². The third-order valence-corrected chi connectivity index (χ3v) is 4.86. The molecule has 7 heteroatoms. The number of carbonyl (C=O) groups is 1. The predicted octanol–water partition coefficient (Wildman–Crippen LogP) is 5.16. The van der Waals surface area contributed by atoms with Gasteiger partial charge in [-0.1, -0.05) is 41.9 Å². The zero-order valence-electron chi connectivity index (χ0n) is 16.5. The fourth-order valence-corrected chi connectivity index (χ4v) is 3.22. The second-order valence-corrected chi connectivity index (χ2v) is 7.06. The summed E-state index contributed by atoms with van der Waals surface area (Å²) in [5.41, 5.74) is 3.19. The fraction of sp³-hybridized carbons (Fsp3) is 0.0870. The maximum Gasteiger partial charge on any atom is 0.295 e. The number of anilines is 1. The Morgan fingerprint density at radius 1 is 1.00 bits per heavy atom. The second-order valence-electron chi connectivity index (χ2n) is 6.62. The number of aryl methyl sites for hydroxylation is 1. The van der Waals surface area contributed by atoms with Gasteiger partial charge in [0.25, 0.3) is 5.91 Å². The summed E-state index contributed by atoms with van der Waals surface area (Å²) in [6.45, 7) is 1.98. The highest BCUT2D eigenvalue weighted by Gasteiger charge is 2.20. The summed E-state index contributed by atoms with van der Waals surface area (Å²) >= 11 is 6.04. The number of hydrogen-bond donors (Lipinski definition) is 1. The van der Waals surface area contributed by atoms with Crippen molar-refractivity contribution in [2.75, 3.05) is 12.4 Å². The number of hydrogen-bond acceptors (Lipinski definition) is 4. The first-order valence-electron chi connectivity index (χ1n) is 9.30. The van der Waals surface area contributed by atoms with E-state index in [0.29, 0.717) is 22.3 Å². The van der Waals surface area contributed by atoms with Crippen LogP contribution in [0.25, 0.3) is 17.1 Å². The van der Waals surface area contributed by atoms with Crippen molar-refractivity contribution < 1.29 is 9.53 Å². The maximum atomic E-state index is 12.9. The normalized spacial score (nSPS) is 10.6. The highest BCUT2D eigenvalue weighted by Crippen LogP contribution is 2.26. The molecule has 0 aliphatic heterocycles. The summed E-state index contributed by atoms with van der Waals surface area (Å²) in [6.07, 6.45) is 0. The Labute approximate surface area is 179 Å². The number of benzene rings is 3. The van der Waals surface area contributed by atoms with E-state index in [4.69, 9.17) is 16.3 Å². The quantitative estimate of drug-likeness (QED) is 0.486. The summed E-state index contributed by atoms with van der Waals surface area (Å²) in [7, 11) is 1.55. The Morgan fingerprint density at radius 3 is 2.43 bits per heavy atom. The van der Waals surface area contributed by atoms with Gasteiger partial charge in [0.2, 0.25) is 5.82 Å². The molecule has 4 aromatic rings. The van der Waals surface area contributed by atoms with Crippen LogP contribution >= 0.6 is 11.6 Å². The van der Waals surface area contributed by atoms with Crippen molar-refractivity contribution in [3.8, 4) is 22.8 Å². The zero-order valence-corrected chi connectivity index (χ0v) is 17.2. The molecule has 0 aliphatic rings. The van der Waals surface area contributed by atoms with Crippen LogP contribution in [0.1, 0.15) is 16.2 Å². The number of rotatable bonds is 5. The molecule has 6 nitrogen and oxygen atoms in total. The second kappa shape index (κ2) is 8.39. The molecule has 1 N–H and O–H groups in total. The lowest BCUT2D eigenvalue weighted by molar-refractivity contribution is 0.101. The lowest BCUT2D eigenvalue weighted by atomic mass is 10.2. The first kappa shape index (κ1) is 19.7. The summed E-state index contributed by atoms with van der Waals surface area (Å²) in [5, 5.41) is 7.95. The number of methoxy groups -OCH3 is 1. The topological polar surface area (TPSA) is 69.0 Å². The predicted molar refractivity (Wildman–Crippen MR) is 117 cm³/mol. The molecule has 0 bridgehead atoms. The van der Waals surface area contributed by atoms with E-state index in [-0.39, 0.29) is 5.82 Å². The van der Waals surface area contributed by atoms with E-state index >= 15 is 0 Å². The number of nitrogens with zero attached hydrogens (tertiary/aromatic N) is 3. The van der Waals surface area contributed by atoms with Crippen molar-refractivity contribution in [1.82, 2.24) is 14.8 Å².